The van der Waals surface area contributed by atoms with Gasteiger partial charge in [-0.2, -0.15) is 0 Å². The van der Waals surface area contributed by atoms with E-state index < -0.39 is 80.0 Å². The Hall–Kier alpha value is -0.520. The summed E-state index contributed by atoms with van der Waals surface area (Å²) in [6, 6.07) is -2.85. The van der Waals surface area contributed by atoms with Crippen molar-refractivity contribution in [3.8, 4) is 0 Å². The van der Waals surface area contributed by atoms with Gasteiger partial charge in [0.15, 0.2) is 12.6 Å². The van der Waals surface area contributed by atoms with Crippen LogP contribution in [0.1, 0.15) is 19.3 Å². The maximum atomic E-state index is 11.0. The normalized spacial score (nSPS) is 51.6. The minimum absolute atomic E-state index is 0.204. The average molecular weight is 452 g/mol. The lowest BCUT2D eigenvalue weighted by Gasteiger charge is -2.47. The summed E-state index contributed by atoms with van der Waals surface area (Å²) in [6.07, 6.45) is -7.72. The van der Waals surface area contributed by atoms with E-state index in [4.69, 9.17) is 47.6 Å². The van der Waals surface area contributed by atoms with Gasteiger partial charge in [-0.05, 0) is 19.3 Å². The largest absolute Gasteiger partial charge is 0.394 e. The molecule has 13 heteroatoms. The number of hydrogen-bond acceptors (Lipinski definition) is 13. The first-order valence-electron chi connectivity index (χ1n) is 10.7. The van der Waals surface area contributed by atoms with E-state index in [9.17, 15) is 20.4 Å². The van der Waals surface area contributed by atoms with Crippen LogP contribution in [0.4, 0.5) is 0 Å². The SMILES string of the molecule is NC[C@H]1CC[C@@H](N)[C@@H](O[C@H]2[C@H](O)[C@@H](O[C@H]3O[C@H](CO)[C@@H](O)[C@H](N)[C@@H]3O)[C@H](N)C[C@@H]2N)O1. The third kappa shape index (κ3) is 5.35. The van der Waals surface area contributed by atoms with Gasteiger partial charge in [0.2, 0.25) is 0 Å². The van der Waals surface area contributed by atoms with Crippen molar-refractivity contribution in [3.63, 3.8) is 0 Å². The highest BCUT2D eigenvalue weighted by atomic mass is 16.7. The molecular formula is C18H37N5O8. The smallest absolute Gasteiger partial charge is 0.186 e. The number of hydrogen-bond donors (Lipinski definition) is 9. The Morgan fingerprint density at radius 1 is 0.774 bits per heavy atom. The fourth-order valence-electron chi connectivity index (χ4n) is 4.36. The van der Waals surface area contributed by atoms with Crippen LogP contribution in [-0.4, -0.2) is 113 Å². The molecule has 0 amide bonds. The molecule has 0 aromatic carbocycles. The maximum absolute atomic E-state index is 11.0. The molecule has 1 aliphatic carbocycles. The number of aliphatic hydroxyl groups is 4. The molecular weight excluding hydrogens is 414 g/mol. The van der Waals surface area contributed by atoms with Gasteiger partial charge in [-0.15, -0.1) is 0 Å². The van der Waals surface area contributed by atoms with Crippen molar-refractivity contribution in [2.24, 2.45) is 28.7 Å². The molecule has 0 aromatic heterocycles. The predicted molar refractivity (Wildman–Crippen MR) is 107 cm³/mol. The standard InChI is InChI=1S/C18H37N5O8/c19-4-6-1-2-7(20)17(28-6)30-15-8(21)3-9(22)16(14(15)27)31-18-13(26)11(23)12(25)10(5-24)29-18/h6-18,24-27H,1-5,19-23H2/t6-,7-,8+,9-,10-,11+,12-,13+,14+,15-,16+,17-,18-/m1/s1. The summed E-state index contributed by atoms with van der Waals surface area (Å²) in [5.41, 5.74) is 30.0. The Bertz CT molecular complexity index is 577. The molecule has 0 unspecified atom stereocenters. The van der Waals surface area contributed by atoms with E-state index in [1.165, 1.54) is 0 Å². The zero-order chi connectivity index (χ0) is 22.9. The van der Waals surface area contributed by atoms with Gasteiger partial charge in [0.25, 0.3) is 0 Å². The number of rotatable bonds is 6. The zero-order valence-corrected chi connectivity index (χ0v) is 17.3. The van der Waals surface area contributed by atoms with Crippen molar-refractivity contribution in [3.05, 3.63) is 0 Å². The van der Waals surface area contributed by atoms with Crippen LogP contribution in [0, 0.1) is 0 Å². The predicted octanol–water partition coefficient (Wildman–Crippen LogP) is -5.27. The van der Waals surface area contributed by atoms with E-state index in [1.54, 1.807) is 0 Å². The van der Waals surface area contributed by atoms with Crippen molar-refractivity contribution in [2.75, 3.05) is 13.2 Å². The molecule has 13 atom stereocenters. The molecule has 3 rings (SSSR count). The van der Waals surface area contributed by atoms with Crippen LogP contribution < -0.4 is 28.7 Å². The van der Waals surface area contributed by atoms with E-state index in [1.807, 2.05) is 0 Å². The second-order valence-corrected chi connectivity index (χ2v) is 8.64. The Labute approximate surface area is 180 Å². The Morgan fingerprint density at radius 2 is 1.39 bits per heavy atom. The lowest BCUT2D eigenvalue weighted by molar-refractivity contribution is -0.313. The molecule has 0 aromatic rings. The van der Waals surface area contributed by atoms with Gasteiger partial charge in [0.05, 0.1) is 24.8 Å². The molecule has 13 nitrogen and oxygen atoms in total. The Balaban J connectivity index is 1.69. The van der Waals surface area contributed by atoms with Crippen LogP contribution in [-0.2, 0) is 18.9 Å². The maximum Gasteiger partial charge on any atom is 0.186 e. The highest BCUT2D eigenvalue weighted by molar-refractivity contribution is 5.00. The summed E-state index contributed by atoms with van der Waals surface area (Å²) in [7, 11) is 0. The van der Waals surface area contributed by atoms with E-state index >= 15 is 0 Å². The van der Waals surface area contributed by atoms with Gasteiger partial charge in [0, 0.05) is 18.6 Å². The highest BCUT2D eigenvalue weighted by Crippen LogP contribution is 2.30. The Morgan fingerprint density at radius 3 is 1.97 bits per heavy atom. The third-order valence-corrected chi connectivity index (χ3v) is 6.34. The summed E-state index contributed by atoms with van der Waals surface area (Å²) in [4.78, 5) is 0. The molecule has 2 saturated heterocycles. The quantitative estimate of drug-likeness (QED) is 0.183. The lowest BCUT2D eigenvalue weighted by Crippen LogP contribution is -2.68. The molecule has 2 heterocycles. The first-order valence-corrected chi connectivity index (χ1v) is 10.7. The van der Waals surface area contributed by atoms with Gasteiger partial charge in [-0.25, -0.2) is 0 Å². The minimum atomic E-state index is -1.41. The summed E-state index contributed by atoms with van der Waals surface area (Å²) >= 11 is 0. The molecule has 2 aliphatic heterocycles. The minimum Gasteiger partial charge on any atom is -0.394 e. The van der Waals surface area contributed by atoms with E-state index in [2.05, 4.69) is 0 Å². The molecule has 31 heavy (non-hydrogen) atoms. The second-order valence-electron chi connectivity index (χ2n) is 8.64. The summed E-state index contributed by atoms with van der Waals surface area (Å²) in [5, 5.41) is 40.7. The van der Waals surface area contributed by atoms with E-state index in [0.717, 1.165) is 0 Å². The second kappa shape index (κ2) is 10.6. The monoisotopic (exact) mass is 451 g/mol. The van der Waals surface area contributed by atoms with Crippen molar-refractivity contribution >= 4 is 0 Å². The summed E-state index contributed by atoms with van der Waals surface area (Å²) in [5.74, 6) is 0. The first kappa shape index (κ1) is 25.1. The Kier molecular flexibility index (Phi) is 8.59. The fourth-order valence-corrected chi connectivity index (χ4v) is 4.36. The summed E-state index contributed by atoms with van der Waals surface area (Å²) < 4.78 is 23.0. The van der Waals surface area contributed by atoms with Gasteiger partial charge in [0.1, 0.15) is 36.6 Å². The van der Waals surface area contributed by atoms with Crippen molar-refractivity contribution in [1.29, 1.82) is 0 Å². The van der Waals surface area contributed by atoms with E-state index in [0.29, 0.717) is 19.4 Å². The van der Waals surface area contributed by atoms with Gasteiger partial charge >= 0.3 is 0 Å². The molecule has 0 radical (unpaired) electrons. The van der Waals surface area contributed by atoms with Crippen LogP contribution >= 0.6 is 0 Å². The van der Waals surface area contributed by atoms with Gasteiger partial charge < -0.3 is 68.0 Å². The number of aliphatic hydroxyl groups excluding tert-OH is 4. The molecule has 3 aliphatic rings. The molecule has 1 saturated carbocycles. The topological polar surface area (TPSA) is 248 Å². The number of ether oxygens (including phenoxy) is 4. The van der Waals surface area contributed by atoms with Crippen LogP contribution in [0.3, 0.4) is 0 Å². The average Bonchev–Trinajstić information content (AvgIpc) is 2.75. The third-order valence-electron chi connectivity index (χ3n) is 6.34. The van der Waals surface area contributed by atoms with Crippen LogP contribution in [0.2, 0.25) is 0 Å². The molecule has 0 bridgehead atoms. The lowest BCUT2D eigenvalue weighted by atomic mass is 9.84. The summed E-state index contributed by atoms with van der Waals surface area (Å²) in [6.45, 7) is -0.214. The molecule has 0 spiro atoms. The van der Waals surface area contributed by atoms with Gasteiger partial charge in [-0.1, -0.05) is 0 Å². The number of nitrogens with two attached hydrogens (primary N) is 5. The van der Waals surface area contributed by atoms with Gasteiger partial charge in [-0.3, -0.25) is 0 Å². The molecule has 182 valence electrons. The van der Waals surface area contributed by atoms with Crippen LogP contribution in [0.5, 0.6) is 0 Å². The van der Waals surface area contributed by atoms with Crippen molar-refractivity contribution in [2.45, 2.75) is 98.7 Å². The van der Waals surface area contributed by atoms with Crippen molar-refractivity contribution in [1.82, 2.24) is 0 Å². The fraction of sp³-hybridized carbons (Fsp3) is 1.00. The molecule has 14 N–H and O–H groups in total. The van der Waals surface area contributed by atoms with Crippen molar-refractivity contribution < 1.29 is 39.4 Å². The molecule has 3 fully saturated rings. The van der Waals surface area contributed by atoms with Crippen LogP contribution in [0.25, 0.3) is 0 Å². The first-order chi connectivity index (χ1) is 14.7. The zero-order valence-electron chi connectivity index (χ0n) is 17.3. The van der Waals surface area contributed by atoms with E-state index in [-0.39, 0.29) is 12.5 Å². The van der Waals surface area contributed by atoms with Crippen LogP contribution in [0.15, 0.2) is 0 Å². The highest BCUT2D eigenvalue weighted by Gasteiger charge is 2.49.